The summed E-state index contributed by atoms with van der Waals surface area (Å²) in [7, 11) is 0. The number of ether oxygens (including phenoxy) is 1. The van der Waals surface area contributed by atoms with Crippen LogP contribution in [-0.4, -0.2) is 11.4 Å². The van der Waals surface area contributed by atoms with Gasteiger partial charge in [-0.3, -0.25) is 0 Å². The molecule has 0 radical (unpaired) electrons. The highest BCUT2D eigenvalue weighted by atomic mass is 79.9. The predicted octanol–water partition coefficient (Wildman–Crippen LogP) is 4.57. The van der Waals surface area contributed by atoms with Crippen LogP contribution in [0.4, 0.5) is 0 Å². The lowest BCUT2D eigenvalue weighted by atomic mass is 10.1. The molecule has 1 aromatic carbocycles. The molecule has 0 amide bonds. The topological polar surface area (TPSA) is 9.23 Å². The van der Waals surface area contributed by atoms with Gasteiger partial charge in [0, 0.05) is 5.33 Å². The predicted molar refractivity (Wildman–Crippen MR) is 73.0 cm³/mol. The van der Waals surface area contributed by atoms with Gasteiger partial charge in [-0.15, -0.1) is 0 Å². The van der Waals surface area contributed by atoms with E-state index in [1.54, 1.807) is 0 Å². The highest BCUT2D eigenvalue weighted by Crippen LogP contribution is 2.23. The van der Waals surface area contributed by atoms with Crippen LogP contribution in [-0.2, 0) is 4.74 Å². The van der Waals surface area contributed by atoms with Gasteiger partial charge in [0.05, 0.1) is 12.2 Å². The molecule has 0 N–H and O–H groups in total. The summed E-state index contributed by atoms with van der Waals surface area (Å²) in [5, 5.41) is 0.847. The summed E-state index contributed by atoms with van der Waals surface area (Å²) in [5.74, 6) is 0.682. The van der Waals surface area contributed by atoms with E-state index in [0.29, 0.717) is 12.0 Å². The summed E-state index contributed by atoms with van der Waals surface area (Å²) in [6.45, 7) is 6.61. The van der Waals surface area contributed by atoms with E-state index < -0.39 is 0 Å². The van der Waals surface area contributed by atoms with E-state index in [1.165, 1.54) is 5.56 Å². The molecule has 1 rings (SSSR count). The molecule has 0 bridgehead atoms. The molecule has 2 unspecified atom stereocenters. The first-order chi connectivity index (χ1) is 7.63. The van der Waals surface area contributed by atoms with Crippen molar-refractivity contribution in [2.24, 2.45) is 5.92 Å². The molecule has 0 fully saturated rings. The van der Waals surface area contributed by atoms with Gasteiger partial charge in [-0.05, 0) is 24.8 Å². The third-order valence-corrected chi connectivity index (χ3v) is 3.10. The van der Waals surface area contributed by atoms with Crippen molar-refractivity contribution < 1.29 is 4.74 Å². The Labute approximate surface area is 107 Å². The molecule has 0 aliphatic rings. The van der Waals surface area contributed by atoms with Crippen LogP contribution in [0.5, 0.6) is 0 Å². The van der Waals surface area contributed by atoms with E-state index in [4.69, 9.17) is 4.74 Å². The second kappa shape index (κ2) is 7.08. The zero-order chi connectivity index (χ0) is 12.0. The van der Waals surface area contributed by atoms with Gasteiger partial charge in [0.1, 0.15) is 0 Å². The van der Waals surface area contributed by atoms with Crippen molar-refractivity contribution in [3.63, 3.8) is 0 Å². The maximum absolute atomic E-state index is 6.05. The minimum absolute atomic E-state index is 0.162. The number of hydrogen-bond donors (Lipinski definition) is 0. The van der Waals surface area contributed by atoms with Crippen LogP contribution in [0.15, 0.2) is 30.3 Å². The van der Waals surface area contributed by atoms with Gasteiger partial charge in [-0.1, -0.05) is 60.1 Å². The molecule has 16 heavy (non-hydrogen) atoms. The Hall–Kier alpha value is -0.340. The van der Waals surface area contributed by atoms with E-state index in [-0.39, 0.29) is 6.10 Å². The van der Waals surface area contributed by atoms with Gasteiger partial charge in [0.15, 0.2) is 0 Å². The van der Waals surface area contributed by atoms with E-state index in [1.807, 2.05) is 6.07 Å². The second-order valence-electron chi connectivity index (χ2n) is 4.63. The Balaban J connectivity index is 2.56. The van der Waals surface area contributed by atoms with Crippen LogP contribution in [0.25, 0.3) is 0 Å². The third kappa shape index (κ3) is 4.67. The molecular weight excluding hydrogens is 264 g/mol. The number of hydrogen-bond acceptors (Lipinski definition) is 1. The fourth-order valence-corrected chi connectivity index (χ4v) is 2.40. The number of halogens is 1. The minimum atomic E-state index is 0.162. The molecular formula is C14H21BrO. The Morgan fingerprint density at radius 2 is 1.75 bits per heavy atom. The van der Waals surface area contributed by atoms with Gasteiger partial charge >= 0.3 is 0 Å². The maximum atomic E-state index is 6.05. The molecule has 0 spiro atoms. The molecule has 1 nitrogen and oxygen atoms in total. The SMILES string of the molecule is CC(C)CC(C)OC(CBr)c1ccccc1. The van der Waals surface area contributed by atoms with Crippen LogP contribution in [0.3, 0.4) is 0 Å². The van der Waals surface area contributed by atoms with Crippen LogP contribution >= 0.6 is 15.9 Å². The first-order valence-electron chi connectivity index (χ1n) is 5.89. The highest BCUT2D eigenvalue weighted by molar-refractivity contribution is 9.09. The van der Waals surface area contributed by atoms with Crippen LogP contribution in [0.2, 0.25) is 0 Å². The molecule has 0 heterocycles. The largest absolute Gasteiger partial charge is 0.370 e. The second-order valence-corrected chi connectivity index (χ2v) is 5.28. The molecule has 1 aromatic rings. The first kappa shape index (κ1) is 13.7. The van der Waals surface area contributed by atoms with Crippen LogP contribution in [0.1, 0.15) is 38.9 Å². The Morgan fingerprint density at radius 1 is 1.12 bits per heavy atom. The zero-order valence-corrected chi connectivity index (χ0v) is 11.9. The molecule has 0 aromatic heterocycles. The van der Waals surface area contributed by atoms with Gasteiger partial charge in [-0.25, -0.2) is 0 Å². The maximum Gasteiger partial charge on any atom is 0.0925 e. The van der Waals surface area contributed by atoms with E-state index in [0.717, 1.165) is 11.8 Å². The average molecular weight is 285 g/mol. The van der Waals surface area contributed by atoms with E-state index >= 15 is 0 Å². The number of alkyl halides is 1. The van der Waals surface area contributed by atoms with E-state index in [9.17, 15) is 0 Å². The van der Waals surface area contributed by atoms with Gasteiger partial charge in [-0.2, -0.15) is 0 Å². The smallest absolute Gasteiger partial charge is 0.0925 e. The summed E-state index contributed by atoms with van der Waals surface area (Å²) in [6, 6.07) is 10.4. The lowest BCUT2D eigenvalue weighted by molar-refractivity contribution is -0.00000725. The van der Waals surface area contributed by atoms with Crippen molar-refractivity contribution >= 4 is 15.9 Å². The normalized spacial score (nSPS) is 15.1. The summed E-state index contributed by atoms with van der Waals surface area (Å²) in [6.07, 6.45) is 1.58. The summed E-state index contributed by atoms with van der Waals surface area (Å²) < 4.78 is 6.05. The Morgan fingerprint density at radius 3 is 2.25 bits per heavy atom. The fourth-order valence-electron chi connectivity index (χ4n) is 1.87. The van der Waals surface area contributed by atoms with Crippen molar-refractivity contribution in [3.8, 4) is 0 Å². The molecule has 2 atom stereocenters. The molecule has 0 aliphatic carbocycles. The molecule has 2 heteroatoms. The monoisotopic (exact) mass is 284 g/mol. The summed E-state index contributed by atoms with van der Waals surface area (Å²) in [4.78, 5) is 0. The molecule has 0 saturated heterocycles. The van der Waals surface area contributed by atoms with Crippen LogP contribution in [0, 0.1) is 5.92 Å². The molecule has 90 valence electrons. The Kier molecular flexibility index (Phi) is 6.07. The Bertz CT molecular complexity index is 284. The highest BCUT2D eigenvalue weighted by Gasteiger charge is 2.14. The van der Waals surface area contributed by atoms with Crippen LogP contribution < -0.4 is 0 Å². The quantitative estimate of drug-likeness (QED) is 0.695. The lowest BCUT2D eigenvalue weighted by Crippen LogP contribution is -2.16. The summed E-state index contributed by atoms with van der Waals surface area (Å²) >= 11 is 3.52. The minimum Gasteiger partial charge on any atom is -0.370 e. The molecule has 0 saturated carbocycles. The first-order valence-corrected chi connectivity index (χ1v) is 7.02. The van der Waals surface area contributed by atoms with Crippen molar-refractivity contribution in [2.45, 2.75) is 39.4 Å². The average Bonchev–Trinajstić information content (AvgIpc) is 2.26. The van der Waals surface area contributed by atoms with Gasteiger partial charge < -0.3 is 4.74 Å². The number of rotatable bonds is 6. The van der Waals surface area contributed by atoms with Crippen molar-refractivity contribution in [3.05, 3.63) is 35.9 Å². The third-order valence-electron chi connectivity index (χ3n) is 2.51. The zero-order valence-electron chi connectivity index (χ0n) is 10.3. The van der Waals surface area contributed by atoms with Gasteiger partial charge in [0.2, 0.25) is 0 Å². The number of benzene rings is 1. The summed E-state index contributed by atoms with van der Waals surface area (Å²) in [5.41, 5.74) is 1.25. The lowest BCUT2D eigenvalue weighted by Gasteiger charge is -2.22. The molecule has 0 aliphatic heterocycles. The standard InChI is InChI=1S/C14H21BrO/c1-11(2)9-12(3)16-14(10-15)13-7-5-4-6-8-13/h4-8,11-12,14H,9-10H2,1-3H3. The van der Waals surface area contributed by atoms with Crippen molar-refractivity contribution in [1.82, 2.24) is 0 Å². The van der Waals surface area contributed by atoms with E-state index in [2.05, 4.69) is 61.0 Å². The van der Waals surface area contributed by atoms with Gasteiger partial charge in [0.25, 0.3) is 0 Å². The fraction of sp³-hybridized carbons (Fsp3) is 0.571. The van der Waals surface area contributed by atoms with Crippen molar-refractivity contribution in [1.29, 1.82) is 0 Å². The van der Waals surface area contributed by atoms with Crippen molar-refractivity contribution in [2.75, 3.05) is 5.33 Å².